The van der Waals surface area contributed by atoms with Gasteiger partial charge in [0.05, 0.1) is 0 Å². The van der Waals surface area contributed by atoms with Crippen molar-refractivity contribution in [2.24, 2.45) is 5.73 Å². The van der Waals surface area contributed by atoms with E-state index in [1.165, 1.54) is 20.8 Å². The van der Waals surface area contributed by atoms with Crippen LogP contribution in [0.25, 0.3) is 0 Å². The number of aryl methyl sites for hydroxylation is 1. The molecule has 3 amide bonds. The maximum atomic E-state index is 12.3. The number of primary amides is 1. The normalized spacial score (nSPS) is 12.3. The van der Waals surface area contributed by atoms with Crippen molar-refractivity contribution in [3.05, 3.63) is 29.8 Å². The highest BCUT2D eigenvalue weighted by Gasteiger charge is 2.30. The van der Waals surface area contributed by atoms with Crippen molar-refractivity contribution in [2.75, 3.05) is 5.73 Å². The fourth-order valence-corrected chi connectivity index (χ4v) is 1.97. The highest BCUT2D eigenvalue weighted by Crippen LogP contribution is 2.10. The summed E-state index contributed by atoms with van der Waals surface area (Å²) in [5.74, 6) is -1.41. The summed E-state index contributed by atoms with van der Waals surface area (Å²) >= 11 is 0. The second-order valence-electron chi connectivity index (χ2n) is 6.01. The van der Waals surface area contributed by atoms with Crippen molar-refractivity contribution in [1.29, 1.82) is 0 Å². The molecule has 0 saturated heterocycles. The van der Waals surface area contributed by atoms with Crippen molar-refractivity contribution in [3.63, 3.8) is 0 Å². The number of nitrogen functional groups attached to an aromatic ring is 1. The predicted octanol–water partition coefficient (Wildman–Crippen LogP) is 0.0862. The van der Waals surface area contributed by atoms with Gasteiger partial charge in [-0.05, 0) is 44.4 Å². The van der Waals surface area contributed by atoms with E-state index in [2.05, 4.69) is 10.6 Å². The molecule has 0 aromatic heterocycles. The molecule has 1 aromatic carbocycles. The van der Waals surface area contributed by atoms with Gasteiger partial charge >= 0.3 is 0 Å². The van der Waals surface area contributed by atoms with Crippen molar-refractivity contribution in [3.8, 4) is 0 Å². The van der Waals surface area contributed by atoms with E-state index in [1.807, 2.05) is 12.1 Å². The van der Waals surface area contributed by atoms with Crippen LogP contribution in [0, 0.1) is 0 Å². The SMILES string of the molecule is CC(=O)N[C@@H](CCc1ccc(N)cc1)C(=O)NC(C)(C)C(N)=O. The van der Waals surface area contributed by atoms with Gasteiger partial charge < -0.3 is 22.1 Å². The van der Waals surface area contributed by atoms with Crippen molar-refractivity contribution >= 4 is 23.4 Å². The third kappa shape index (κ3) is 5.98. The van der Waals surface area contributed by atoms with Gasteiger partial charge in [0.25, 0.3) is 0 Å². The molecule has 0 fully saturated rings. The lowest BCUT2D eigenvalue weighted by atomic mass is 10.0. The van der Waals surface area contributed by atoms with E-state index < -0.39 is 23.4 Å². The van der Waals surface area contributed by atoms with Crippen LogP contribution in [0.2, 0.25) is 0 Å². The Morgan fingerprint density at radius 2 is 1.74 bits per heavy atom. The van der Waals surface area contributed by atoms with Gasteiger partial charge in [0.1, 0.15) is 11.6 Å². The average molecular weight is 320 g/mol. The number of benzene rings is 1. The molecule has 0 heterocycles. The summed E-state index contributed by atoms with van der Waals surface area (Å²) in [6, 6.07) is 6.54. The summed E-state index contributed by atoms with van der Waals surface area (Å²) in [7, 11) is 0. The molecule has 0 aliphatic heterocycles. The fourth-order valence-electron chi connectivity index (χ4n) is 1.97. The standard InChI is InChI=1S/C16H24N4O3/c1-10(21)19-13(14(22)20-16(2,3)15(18)23)9-6-11-4-7-12(17)8-5-11/h4-5,7-8,13H,6,9,17H2,1-3H3,(H2,18,23)(H,19,21)(H,20,22)/t13-/m0/s1. The quantitative estimate of drug-likeness (QED) is 0.531. The Bertz CT molecular complexity index is 581. The Hall–Kier alpha value is -2.57. The molecule has 1 aromatic rings. The summed E-state index contributed by atoms with van der Waals surface area (Å²) in [4.78, 5) is 35.0. The molecule has 126 valence electrons. The minimum Gasteiger partial charge on any atom is -0.399 e. The second kappa shape index (κ2) is 7.62. The molecule has 0 bridgehead atoms. The van der Waals surface area contributed by atoms with Crippen LogP contribution in [-0.4, -0.2) is 29.3 Å². The van der Waals surface area contributed by atoms with E-state index in [1.54, 1.807) is 12.1 Å². The highest BCUT2D eigenvalue weighted by atomic mass is 16.2. The first kappa shape index (κ1) is 18.5. The highest BCUT2D eigenvalue weighted by molar-refractivity contribution is 5.93. The van der Waals surface area contributed by atoms with Gasteiger partial charge in [-0.25, -0.2) is 0 Å². The molecule has 0 aliphatic carbocycles. The van der Waals surface area contributed by atoms with Crippen molar-refractivity contribution in [2.45, 2.75) is 45.2 Å². The van der Waals surface area contributed by atoms with Crippen molar-refractivity contribution in [1.82, 2.24) is 10.6 Å². The van der Waals surface area contributed by atoms with Crippen LogP contribution in [0.3, 0.4) is 0 Å². The van der Waals surface area contributed by atoms with Gasteiger partial charge in [0, 0.05) is 12.6 Å². The van der Waals surface area contributed by atoms with E-state index >= 15 is 0 Å². The minimum absolute atomic E-state index is 0.320. The van der Waals surface area contributed by atoms with Gasteiger partial charge in [-0.3, -0.25) is 14.4 Å². The number of anilines is 1. The Balaban J connectivity index is 2.75. The van der Waals surface area contributed by atoms with E-state index in [0.29, 0.717) is 18.5 Å². The monoisotopic (exact) mass is 320 g/mol. The Morgan fingerprint density at radius 3 is 2.22 bits per heavy atom. The van der Waals surface area contributed by atoms with E-state index in [4.69, 9.17) is 11.5 Å². The molecular weight excluding hydrogens is 296 g/mol. The van der Waals surface area contributed by atoms with Crippen molar-refractivity contribution < 1.29 is 14.4 Å². The van der Waals surface area contributed by atoms with Crippen LogP contribution in [0.1, 0.15) is 32.8 Å². The first-order valence-electron chi connectivity index (χ1n) is 7.35. The molecule has 7 nitrogen and oxygen atoms in total. The van der Waals surface area contributed by atoms with E-state index in [-0.39, 0.29) is 5.91 Å². The predicted molar refractivity (Wildman–Crippen MR) is 88.2 cm³/mol. The maximum Gasteiger partial charge on any atom is 0.243 e. The van der Waals surface area contributed by atoms with Crippen LogP contribution >= 0.6 is 0 Å². The molecule has 0 spiro atoms. The lowest BCUT2D eigenvalue weighted by Crippen LogP contribution is -2.58. The summed E-state index contributed by atoms with van der Waals surface area (Å²) in [5.41, 5.74) is 11.3. The Morgan fingerprint density at radius 1 is 1.17 bits per heavy atom. The number of hydrogen-bond donors (Lipinski definition) is 4. The fraction of sp³-hybridized carbons (Fsp3) is 0.438. The molecular formula is C16H24N4O3. The molecule has 1 atom stereocenters. The number of amides is 3. The number of carbonyl (C=O) groups is 3. The van der Waals surface area contributed by atoms with Crippen LogP contribution in [0.5, 0.6) is 0 Å². The lowest BCUT2D eigenvalue weighted by Gasteiger charge is -2.26. The van der Waals surface area contributed by atoms with Gasteiger partial charge in [-0.1, -0.05) is 12.1 Å². The van der Waals surface area contributed by atoms with Gasteiger partial charge in [0.15, 0.2) is 0 Å². The maximum absolute atomic E-state index is 12.3. The summed E-state index contributed by atoms with van der Waals surface area (Å²) in [5, 5.41) is 5.15. The van der Waals surface area contributed by atoms with Gasteiger partial charge in [0.2, 0.25) is 17.7 Å². The van der Waals surface area contributed by atoms with Crippen LogP contribution < -0.4 is 22.1 Å². The molecule has 23 heavy (non-hydrogen) atoms. The molecule has 0 aliphatic rings. The molecule has 0 saturated carbocycles. The smallest absolute Gasteiger partial charge is 0.243 e. The zero-order valence-corrected chi connectivity index (χ0v) is 13.7. The van der Waals surface area contributed by atoms with Crippen LogP contribution in [-0.2, 0) is 20.8 Å². The molecule has 6 N–H and O–H groups in total. The number of carbonyl (C=O) groups excluding carboxylic acids is 3. The average Bonchev–Trinajstić information content (AvgIpc) is 2.44. The Labute approximate surface area is 135 Å². The minimum atomic E-state index is -1.19. The number of hydrogen-bond acceptors (Lipinski definition) is 4. The van der Waals surface area contributed by atoms with Crippen LogP contribution in [0.4, 0.5) is 5.69 Å². The third-order valence-electron chi connectivity index (χ3n) is 3.45. The first-order chi connectivity index (χ1) is 10.6. The number of rotatable bonds is 7. The zero-order chi connectivity index (χ0) is 17.6. The summed E-state index contributed by atoms with van der Waals surface area (Å²) in [6.45, 7) is 4.36. The Kier molecular flexibility index (Phi) is 6.12. The third-order valence-corrected chi connectivity index (χ3v) is 3.45. The largest absolute Gasteiger partial charge is 0.399 e. The van der Waals surface area contributed by atoms with Crippen LogP contribution in [0.15, 0.2) is 24.3 Å². The van der Waals surface area contributed by atoms with Gasteiger partial charge in [-0.2, -0.15) is 0 Å². The lowest BCUT2D eigenvalue weighted by molar-refractivity contribution is -0.133. The van der Waals surface area contributed by atoms with E-state index in [0.717, 1.165) is 5.56 Å². The topological polar surface area (TPSA) is 127 Å². The zero-order valence-electron chi connectivity index (χ0n) is 13.7. The molecule has 0 radical (unpaired) electrons. The molecule has 0 unspecified atom stereocenters. The number of nitrogens with one attached hydrogen (secondary N) is 2. The summed E-state index contributed by atoms with van der Waals surface area (Å²) < 4.78 is 0. The second-order valence-corrected chi connectivity index (χ2v) is 6.01. The molecule has 1 rings (SSSR count). The van der Waals surface area contributed by atoms with Gasteiger partial charge in [-0.15, -0.1) is 0 Å². The number of nitrogens with two attached hydrogens (primary N) is 2. The summed E-state index contributed by atoms with van der Waals surface area (Å²) in [6.07, 6.45) is 0.972. The molecule has 7 heteroatoms. The van der Waals surface area contributed by atoms with E-state index in [9.17, 15) is 14.4 Å². The first-order valence-corrected chi connectivity index (χ1v) is 7.35.